The zero-order valence-electron chi connectivity index (χ0n) is 11.3. The molecule has 1 aliphatic heterocycles. The maximum atomic E-state index is 13.0. The van der Waals surface area contributed by atoms with Gasteiger partial charge in [-0.1, -0.05) is 6.92 Å². The summed E-state index contributed by atoms with van der Waals surface area (Å²) in [7, 11) is 2.02. The summed E-state index contributed by atoms with van der Waals surface area (Å²) in [6.07, 6.45) is -2.21. The summed E-state index contributed by atoms with van der Waals surface area (Å²) in [6, 6.07) is 1.08. The van der Waals surface area contributed by atoms with Gasteiger partial charge in [-0.25, -0.2) is 4.98 Å². The Hall–Kier alpha value is -0.820. The lowest BCUT2D eigenvalue weighted by atomic mass is 9.94. The van der Waals surface area contributed by atoms with Gasteiger partial charge in [0.05, 0.1) is 5.56 Å². The molecule has 0 aromatic carbocycles. The Labute approximate surface area is 124 Å². The van der Waals surface area contributed by atoms with Crippen LogP contribution in [0.25, 0.3) is 0 Å². The zero-order chi connectivity index (χ0) is 14.9. The van der Waals surface area contributed by atoms with Crippen molar-refractivity contribution in [3.8, 4) is 0 Å². The summed E-state index contributed by atoms with van der Waals surface area (Å²) >= 11 is 3.04. The number of hydrogen-bond acceptors (Lipinski definition) is 3. The number of rotatable bonds is 2. The number of piperidine rings is 1. The lowest BCUT2D eigenvalue weighted by Crippen LogP contribution is -2.43. The maximum absolute atomic E-state index is 13.0. The van der Waals surface area contributed by atoms with Gasteiger partial charge in [0.25, 0.3) is 0 Å². The predicted molar refractivity (Wildman–Crippen MR) is 75.6 cm³/mol. The Kier molecular flexibility index (Phi) is 4.59. The van der Waals surface area contributed by atoms with Crippen LogP contribution < -0.4 is 5.32 Å². The number of likely N-dealkylation sites (tertiary alicyclic amines) is 1. The lowest BCUT2D eigenvalue weighted by Gasteiger charge is -2.35. The first-order chi connectivity index (χ1) is 9.27. The molecular formula is C13H17BrF3N3. The van der Waals surface area contributed by atoms with Crippen LogP contribution in [0.2, 0.25) is 0 Å². The van der Waals surface area contributed by atoms with Gasteiger partial charge in [-0.2, -0.15) is 13.2 Å². The predicted octanol–water partition coefficient (Wildman–Crippen LogP) is 3.62. The molecule has 0 aliphatic carbocycles. The van der Waals surface area contributed by atoms with E-state index in [0.29, 0.717) is 4.47 Å². The first kappa shape index (κ1) is 15.6. The quantitative estimate of drug-likeness (QED) is 0.881. The Morgan fingerprint density at radius 1 is 1.45 bits per heavy atom. The molecule has 2 atom stereocenters. The highest BCUT2D eigenvalue weighted by Crippen LogP contribution is 2.36. The van der Waals surface area contributed by atoms with Crippen molar-refractivity contribution < 1.29 is 13.2 Å². The Morgan fingerprint density at radius 3 is 2.75 bits per heavy atom. The van der Waals surface area contributed by atoms with Gasteiger partial charge in [0.2, 0.25) is 0 Å². The third kappa shape index (κ3) is 3.63. The Morgan fingerprint density at radius 2 is 2.15 bits per heavy atom. The number of pyridine rings is 1. The first-order valence-corrected chi connectivity index (χ1v) is 7.24. The average molecular weight is 352 g/mol. The van der Waals surface area contributed by atoms with Crippen LogP contribution in [0.4, 0.5) is 19.0 Å². The van der Waals surface area contributed by atoms with E-state index in [1.165, 1.54) is 6.20 Å². The smallest absolute Gasteiger partial charge is 0.366 e. The van der Waals surface area contributed by atoms with Crippen molar-refractivity contribution in [3.05, 3.63) is 22.3 Å². The van der Waals surface area contributed by atoms with E-state index in [4.69, 9.17) is 0 Å². The fourth-order valence-electron chi connectivity index (χ4n) is 2.51. The van der Waals surface area contributed by atoms with E-state index in [0.717, 1.165) is 25.6 Å². The Bertz CT molecular complexity index is 478. The molecule has 0 saturated carbocycles. The fraction of sp³-hybridized carbons (Fsp3) is 0.615. The van der Waals surface area contributed by atoms with Crippen molar-refractivity contribution in [1.82, 2.24) is 9.88 Å². The normalized spacial score (nSPS) is 24.7. The van der Waals surface area contributed by atoms with E-state index in [2.05, 4.69) is 31.1 Å². The standard InChI is InChI=1S/C13H17BrF3N3/c1-8-7-20(2)4-3-11(8)19-12-10(13(15,16)17)5-9(14)6-18-12/h5-6,8,11H,3-4,7H2,1-2H3,(H,18,19). The van der Waals surface area contributed by atoms with Gasteiger partial charge in [0, 0.05) is 23.3 Å². The van der Waals surface area contributed by atoms with Crippen LogP contribution >= 0.6 is 15.9 Å². The molecule has 0 radical (unpaired) electrons. The van der Waals surface area contributed by atoms with Crippen LogP contribution in [-0.2, 0) is 6.18 Å². The third-order valence-corrected chi connectivity index (χ3v) is 4.02. The number of hydrogen-bond donors (Lipinski definition) is 1. The van der Waals surface area contributed by atoms with Gasteiger partial charge in [-0.3, -0.25) is 0 Å². The molecule has 2 rings (SSSR count). The second-order valence-electron chi connectivity index (χ2n) is 5.33. The van der Waals surface area contributed by atoms with Gasteiger partial charge in [-0.05, 0) is 47.9 Å². The van der Waals surface area contributed by atoms with Crippen LogP contribution in [0.15, 0.2) is 16.7 Å². The molecule has 20 heavy (non-hydrogen) atoms. The van der Waals surface area contributed by atoms with Gasteiger partial charge in [-0.15, -0.1) is 0 Å². The van der Waals surface area contributed by atoms with Crippen molar-refractivity contribution in [2.45, 2.75) is 25.6 Å². The summed E-state index contributed by atoms with van der Waals surface area (Å²) in [5, 5.41) is 2.97. The summed E-state index contributed by atoms with van der Waals surface area (Å²) in [6.45, 7) is 3.79. The summed E-state index contributed by atoms with van der Waals surface area (Å²) < 4.78 is 39.4. The molecule has 1 aliphatic rings. The molecule has 112 valence electrons. The van der Waals surface area contributed by atoms with Gasteiger partial charge in [0.15, 0.2) is 0 Å². The highest BCUT2D eigenvalue weighted by atomic mass is 79.9. The number of nitrogens with zero attached hydrogens (tertiary/aromatic N) is 2. The molecule has 1 N–H and O–H groups in total. The third-order valence-electron chi connectivity index (χ3n) is 3.59. The van der Waals surface area contributed by atoms with Crippen molar-refractivity contribution in [2.24, 2.45) is 5.92 Å². The van der Waals surface area contributed by atoms with Crippen molar-refractivity contribution in [3.63, 3.8) is 0 Å². The minimum absolute atomic E-state index is 0.0148. The van der Waals surface area contributed by atoms with Gasteiger partial charge >= 0.3 is 6.18 Å². The summed E-state index contributed by atoms with van der Waals surface area (Å²) in [5.74, 6) is 0.197. The zero-order valence-corrected chi connectivity index (χ0v) is 12.9. The minimum Gasteiger partial charge on any atom is -0.366 e. The average Bonchev–Trinajstić information content (AvgIpc) is 2.33. The van der Waals surface area contributed by atoms with Crippen molar-refractivity contribution in [1.29, 1.82) is 0 Å². The summed E-state index contributed by atoms with van der Waals surface area (Å²) in [4.78, 5) is 6.08. The molecule has 7 heteroatoms. The number of aromatic nitrogens is 1. The molecule has 1 fully saturated rings. The molecule has 1 saturated heterocycles. The number of alkyl halides is 3. The van der Waals surface area contributed by atoms with Crippen LogP contribution in [0.1, 0.15) is 18.9 Å². The highest BCUT2D eigenvalue weighted by Gasteiger charge is 2.36. The number of halogens is 4. The molecular weight excluding hydrogens is 335 g/mol. The van der Waals surface area contributed by atoms with E-state index in [9.17, 15) is 13.2 Å². The molecule has 1 aromatic heterocycles. The monoisotopic (exact) mass is 351 g/mol. The van der Waals surface area contributed by atoms with Gasteiger partial charge < -0.3 is 10.2 Å². The molecule has 0 spiro atoms. The molecule has 1 aromatic rings. The minimum atomic E-state index is -4.41. The van der Waals surface area contributed by atoms with E-state index >= 15 is 0 Å². The first-order valence-electron chi connectivity index (χ1n) is 6.45. The van der Waals surface area contributed by atoms with E-state index in [1.807, 2.05) is 14.0 Å². The topological polar surface area (TPSA) is 28.2 Å². The molecule has 0 amide bonds. The molecule has 0 bridgehead atoms. The van der Waals surface area contributed by atoms with Gasteiger partial charge in [0.1, 0.15) is 5.82 Å². The number of nitrogens with one attached hydrogen (secondary N) is 1. The second-order valence-corrected chi connectivity index (χ2v) is 6.24. The van der Waals surface area contributed by atoms with Crippen molar-refractivity contribution >= 4 is 21.7 Å². The maximum Gasteiger partial charge on any atom is 0.419 e. The van der Waals surface area contributed by atoms with Crippen LogP contribution in [0.5, 0.6) is 0 Å². The van der Waals surface area contributed by atoms with E-state index in [1.54, 1.807) is 0 Å². The second kappa shape index (κ2) is 5.89. The van der Waals surface area contributed by atoms with E-state index in [-0.39, 0.29) is 17.8 Å². The Balaban J connectivity index is 2.21. The van der Waals surface area contributed by atoms with Crippen LogP contribution in [0.3, 0.4) is 0 Å². The van der Waals surface area contributed by atoms with Crippen molar-refractivity contribution in [2.75, 3.05) is 25.5 Å². The van der Waals surface area contributed by atoms with Crippen LogP contribution in [0, 0.1) is 5.92 Å². The molecule has 3 nitrogen and oxygen atoms in total. The number of anilines is 1. The van der Waals surface area contributed by atoms with E-state index < -0.39 is 11.7 Å². The SMILES string of the molecule is CC1CN(C)CCC1Nc1ncc(Br)cc1C(F)(F)F. The molecule has 2 unspecified atom stereocenters. The molecule has 2 heterocycles. The fourth-order valence-corrected chi connectivity index (χ4v) is 2.85. The van der Waals surface area contributed by atoms with Crippen LogP contribution in [-0.4, -0.2) is 36.1 Å². The lowest BCUT2D eigenvalue weighted by molar-refractivity contribution is -0.137. The highest BCUT2D eigenvalue weighted by molar-refractivity contribution is 9.10. The largest absolute Gasteiger partial charge is 0.419 e. The summed E-state index contributed by atoms with van der Waals surface area (Å²) in [5.41, 5.74) is -0.724.